The van der Waals surface area contributed by atoms with Crippen LogP contribution in [-0.2, 0) is 6.42 Å². The molecule has 140 valence electrons. The van der Waals surface area contributed by atoms with E-state index < -0.39 is 0 Å². The zero-order chi connectivity index (χ0) is 19.0. The molecule has 0 aliphatic carbocycles. The standard InChI is InChI=1S/C20H20ClN3O3/c1-3-17-19(12(2)22-26-17)16-5-4-10-24(16)20(25)15-11-18(27-23-15)13-6-8-14(21)9-7-13/h6-9,11,16H,3-5,10H2,1-2H3. The second-order valence-corrected chi connectivity index (χ2v) is 7.13. The molecular weight excluding hydrogens is 366 g/mol. The van der Waals surface area contributed by atoms with Gasteiger partial charge in [-0.1, -0.05) is 28.8 Å². The van der Waals surface area contributed by atoms with Crippen molar-refractivity contribution in [3.8, 4) is 11.3 Å². The lowest BCUT2D eigenvalue weighted by molar-refractivity contribution is 0.0724. The first-order valence-corrected chi connectivity index (χ1v) is 9.45. The van der Waals surface area contributed by atoms with Crippen molar-refractivity contribution in [2.75, 3.05) is 6.54 Å². The Balaban J connectivity index is 1.60. The summed E-state index contributed by atoms with van der Waals surface area (Å²) in [6.45, 7) is 4.63. The van der Waals surface area contributed by atoms with Crippen LogP contribution < -0.4 is 0 Å². The van der Waals surface area contributed by atoms with E-state index >= 15 is 0 Å². The van der Waals surface area contributed by atoms with Crippen molar-refractivity contribution < 1.29 is 13.8 Å². The molecular formula is C20H20ClN3O3. The number of amides is 1. The van der Waals surface area contributed by atoms with E-state index in [9.17, 15) is 4.79 Å². The molecule has 0 bridgehead atoms. The van der Waals surface area contributed by atoms with Crippen LogP contribution in [0.25, 0.3) is 11.3 Å². The molecule has 0 spiro atoms. The molecule has 3 heterocycles. The van der Waals surface area contributed by atoms with Crippen LogP contribution in [0.15, 0.2) is 39.4 Å². The van der Waals surface area contributed by atoms with Crippen molar-refractivity contribution in [1.82, 2.24) is 15.2 Å². The van der Waals surface area contributed by atoms with Gasteiger partial charge in [0.1, 0.15) is 5.76 Å². The maximum atomic E-state index is 13.1. The first-order valence-electron chi connectivity index (χ1n) is 9.07. The molecule has 1 unspecified atom stereocenters. The van der Waals surface area contributed by atoms with Crippen molar-refractivity contribution >= 4 is 17.5 Å². The van der Waals surface area contributed by atoms with E-state index in [-0.39, 0.29) is 11.9 Å². The molecule has 27 heavy (non-hydrogen) atoms. The quantitative estimate of drug-likeness (QED) is 0.643. The number of carbonyl (C=O) groups is 1. The fraction of sp³-hybridized carbons (Fsp3) is 0.350. The zero-order valence-corrected chi connectivity index (χ0v) is 16.0. The molecule has 0 N–H and O–H groups in total. The largest absolute Gasteiger partial charge is 0.361 e. The van der Waals surface area contributed by atoms with Gasteiger partial charge in [0.15, 0.2) is 11.5 Å². The molecule has 0 saturated carbocycles. The second kappa shape index (κ2) is 7.19. The van der Waals surface area contributed by atoms with Crippen LogP contribution in [0.2, 0.25) is 5.02 Å². The van der Waals surface area contributed by atoms with Gasteiger partial charge in [-0.15, -0.1) is 0 Å². The van der Waals surface area contributed by atoms with Crippen LogP contribution in [0, 0.1) is 6.92 Å². The molecule has 1 fully saturated rings. The van der Waals surface area contributed by atoms with Gasteiger partial charge in [0.2, 0.25) is 0 Å². The second-order valence-electron chi connectivity index (χ2n) is 6.70. The number of hydrogen-bond acceptors (Lipinski definition) is 5. The Morgan fingerprint density at radius 3 is 2.78 bits per heavy atom. The van der Waals surface area contributed by atoms with Gasteiger partial charge in [0.25, 0.3) is 5.91 Å². The van der Waals surface area contributed by atoms with Gasteiger partial charge in [0.05, 0.1) is 11.7 Å². The van der Waals surface area contributed by atoms with Crippen molar-refractivity contribution in [3.05, 3.63) is 58.1 Å². The molecule has 6 nitrogen and oxygen atoms in total. The van der Waals surface area contributed by atoms with Gasteiger partial charge >= 0.3 is 0 Å². The van der Waals surface area contributed by atoms with Crippen LogP contribution in [0.1, 0.15) is 53.3 Å². The first kappa shape index (κ1) is 17.8. The lowest BCUT2D eigenvalue weighted by Gasteiger charge is -2.24. The van der Waals surface area contributed by atoms with Gasteiger partial charge in [-0.2, -0.15) is 0 Å². The van der Waals surface area contributed by atoms with Crippen molar-refractivity contribution in [3.63, 3.8) is 0 Å². The minimum atomic E-state index is -0.135. The Morgan fingerprint density at radius 2 is 2.04 bits per heavy atom. The molecule has 1 aliphatic heterocycles. The fourth-order valence-electron chi connectivity index (χ4n) is 3.69. The summed E-state index contributed by atoms with van der Waals surface area (Å²) in [5, 5.41) is 8.74. The predicted octanol–water partition coefficient (Wildman–Crippen LogP) is 4.83. The van der Waals surface area contributed by atoms with E-state index in [2.05, 4.69) is 10.3 Å². The minimum absolute atomic E-state index is 0.0330. The third-order valence-corrected chi connectivity index (χ3v) is 5.26. The van der Waals surface area contributed by atoms with E-state index in [1.54, 1.807) is 18.2 Å². The number of aryl methyl sites for hydroxylation is 2. The highest BCUT2D eigenvalue weighted by atomic mass is 35.5. The summed E-state index contributed by atoms with van der Waals surface area (Å²) in [6.07, 6.45) is 2.58. The Bertz CT molecular complexity index is 961. The molecule has 0 radical (unpaired) electrons. The van der Waals surface area contributed by atoms with Gasteiger partial charge in [-0.3, -0.25) is 4.79 Å². The van der Waals surface area contributed by atoms with Crippen LogP contribution in [0.3, 0.4) is 0 Å². The van der Waals surface area contributed by atoms with Gasteiger partial charge < -0.3 is 13.9 Å². The molecule has 7 heteroatoms. The first-order chi connectivity index (χ1) is 13.1. The number of carbonyl (C=O) groups excluding carboxylic acids is 1. The van der Waals surface area contributed by atoms with Crippen molar-refractivity contribution in [1.29, 1.82) is 0 Å². The smallest absolute Gasteiger partial charge is 0.276 e. The van der Waals surface area contributed by atoms with Gasteiger partial charge in [-0.25, -0.2) is 0 Å². The zero-order valence-electron chi connectivity index (χ0n) is 15.2. The third-order valence-electron chi connectivity index (χ3n) is 5.01. The maximum absolute atomic E-state index is 13.1. The minimum Gasteiger partial charge on any atom is -0.361 e. The van der Waals surface area contributed by atoms with Crippen LogP contribution >= 0.6 is 11.6 Å². The maximum Gasteiger partial charge on any atom is 0.276 e. The van der Waals surface area contributed by atoms with Crippen LogP contribution in [0.4, 0.5) is 0 Å². The number of hydrogen-bond donors (Lipinski definition) is 0. The monoisotopic (exact) mass is 385 g/mol. The van der Waals surface area contributed by atoms with Crippen molar-refractivity contribution in [2.24, 2.45) is 0 Å². The Morgan fingerprint density at radius 1 is 1.26 bits per heavy atom. The summed E-state index contributed by atoms with van der Waals surface area (Å²) in [5.41, 5.74) is 3.01. The third kappa shape index (κ3) is 3.25. The SMILES string of the molecule is CCc1onc(C)c1C1CCCN1C(=O)c1cc(-c2ccc(Cl)cc2)on1. The number of rotatable bonds is 4. The summed E-state index contributed by atoms with van der Waals surface area (Å²) >= 11 is 5.92. The Kier molecular flexibility index (Phi) is 4.74. The van der Waals surface area contributed by atoms with Crippen LogP contribution in [0.5, 0.6) is 0 Å². The molecule has 1 aliphatic rings. The topological polar surface area (TPSA) is 72.4 Å². The lowest BCUT2D eigenvalue weighted by Crippen LogP contribution is -2.31. The Hall–Kier alpha value is -2.60. The van der Waals surface area contributed by atoms with E-state index in [0.717, 1.165) is 41.8 Å². The average Bonchev–Trinajstić information content (AvgIpc) is 3.40. The summed E-state index contributed by atoms with van der Waals surface area (Å²) in [4.78, 5) is 14.9. The number of aromatic nitrogens is 2. The molecule has 4 rings (SSSR count). The highest BCUT2D eigenvalue weighted by Gasteiger charge is 2.35. The molecule has 1 saturated heterocycles. The van der Waals surface area contributed by atoms with Crippen LogP contribution in [-0.4, -0.2) is 27.7 Å². The Labute approximate surface area is 162 Å². The van der Waals surface area contributed by atoms with E-state index in [1.807, 2.05) is 30.9 Å². The molecule has 1 atom stereocenters. The lowest BCUT2D eigenvalue weighted by atomic mass is 10.0. The molecule has 1 aromatic carbocycles. The summed E-state index contributed by atoms with van der Waals surface area (Å²) < 4.78 is 10.8. The molecule has 3 aromatic rings. The number of benzene rings is 1. The highest BCUT2D eigenvalue weighted by Crippen LogP contribution is 2.37. The predicted molar refractivity (Wildman–Crippen MR) is 101 cm³/mol. The van der Waals surface area contributed by atoms with Gasteiger partial charge in [-0.05, 0) is 44.0 Å². The van der Waals surface area contributed by atoms with Crippen molar-refractivity contribution in [2.45, 2.75) is 39.2 Å². The van der Waals surface area contributed by atoms with Gasteiger partial charge in [0, 0.05) is 35.2 Å². The van der Waals surface area contributed by atoms with E-state index in [0.29, 0.717) is 23.0 Å². The molecule has 1 amide bonds. The fourth-order valence-corrected chi connectivity index (χ4v) is 3.81. The van der Waals surface area contributed by atoms with E-state index in [1.165, 1.54) is 0 Å². The summed E-state index contributed by atoms with van der Waals surface area (Å²) in [7, 11) is 0. The summed E-state index contributed by atoms with van der Waals surface area (Å²) in [5.74, 6) is 1.25. The number of nitrogens with zero attached hydrogens (tertiary/aromatic N) is 3. The number of halogens is 1. The molecule has 2 aromatic heterocycles. The average molecular weight is 386 g/mol. The highest BCUT2D eigenvalue weighted by molar-refractivity contribution is 6.30. The summed E-state index contributed by atoms with van der Waals surface area (Å²) in [6, 6.07) is 8.88. The number of likely N-dealkylation sites (tertiary alicyclic amines) is 1. The normalized spacial score (nSPS) is 16.9. The van der Waals surface area contributed by atoms with E-state index in [4.69, 9.17) is 20.6 Å².